The molecule has 86 valence electrons. The quantitative estimate of drug-likeness (QED) is 0.499. The molecule has 0 saturated heterocycles. The van der Waals surface area contributed by atoms with Gasteiger partial charge in [-0.25, -0.2) is 0 Å². The van der Waals surface area contributed by atoms with Crippen LogP contribution in [-0.2, 0) is 4.79 Å². The first-order valence-electron chi connectivity index (χ1n) is 4.98. The maximum Gasteiger partial charge on any atom is 0.153 e. The molecule has 0 heterocycles. The summed E-state index contributed by atoms with van der Waals surface area (Å²) in [6.45, 7) is 3.47. The van der Waals surface area contributed by atoms with Crippen molar-refractivity contribution in [3.8, 4) is 0 Å². The molecule has 16 heavy (non-hydrogen) atoms. The maximum absolute atomic E-state index is 11.1. The summed E-state index contributed by atoms with van der Waals surface area (Å²) in [5.74, 6) is -0.350. The predicted octanol–water partition coefficient (Wildman–Crippen LogP) is 3.08. The van der Waals surface area contributed by atoms with Crippen LogP contribution in [-0.4, -0.2) is 16.2 Å². The number of Topliss-reactive ketones (excluding diaryl/α,β-unsaturated/α-hetero) is 1. The van der Waals surface area contributed by atoms with E-state index in [2.05, 4.69) is 5.16 Å². The number of hydrogen-bond acceptors (Lipinski definition) is 3. The Labute approximate surface area is 99.7 Å². The van der Waals surface area contributed by atoms with Gasteiger partial charge in [-0.2, -0.15) is 0 Å². The Bertz CT molecular complexity index is 398. The molecule has 0 aliphatic heterocycles. The second-order valence-corrected chi connectivity index (χ2v) is 4.18. The van der Waals surface area contributed by atoms with Crippen molar-refractivity contribution in [1.82, 2.24) is 0 Å². The number of aryl methyl sites for hydroxylation is 1. The summed E-state index contributed by atoms with van der Waals surface area (Å²) in [5, 5.41) is 11.7. The normalized spacial score (nSPS) is 13.6. The Morgan fingerprint density at radius 2 is 2.00 bits per heavy atom. The fourth-order valence-corrected chi connectivity index (χ4v) is 1.70. The van der Waals surface area contributed by atoms with Crippen molar-refractivity contribution in [3.63, 3.8) is 0 Å². The predicted molar refractivity (Wildman–Crippen MR) is 64.3 cm³/mol. The van der Waals surface area contributed by atoms with Gasteiger partial charge in [0.1, 0.15) is 5.78 Å². The monoisotopic (exact) mass is 239 g/mol. The first kappa shape index (κ1) is 12.7. The molecule has 4 heteroatoms. The van der Waals surface area contributed by atoms with E-state index in [0.717, 1.165) is 11.1 Å². The van der Waals surface area contributed by atoms with E-state index >= 15 is 0 Å². The molecule has 1 aromatic carbocycles. The average molecular weight is 240 g/mol. The van der Waals surface area contributed by atoms with Crippen molar-refractivity contribution in [2.45, 2.75) is 26.2 Å². The number of carbonyl (C=O) groups is 1. The van der Waals surface area contributed by atoms with Gasteiger partial charge in [-0.1, -0.05) is 46.6 Å². The molecule has 1 unspecified atom stereocenters. The zero-order valence-corrected chi connectivity index (χ0v) is 10.0. The summed E-state index contributed by atoms with van der Waals surface area (Å²) in [4.78, 5) is 11.1. The molecule has 3 nitrogen and oxygen atoms in total. The summed E-state index contributed by atoms with van der Waals surface area (Å²) < 4.78 is 0. The van der Waals surface area contributed by atoms with E-state index in [1.165, 1.54) is 6.92 Å². The van der Waals surface area contributed by atoms with Crippen LogP contribution in [0, 0.1) is 6.92 Å². The summed E-state index contributed by atoms with van der Waals surface area (Å²) >= 11 is 5.80. The molecule has 0 aliphatic rings. The number of benzene rings is 1. The molecular weight excluding hydrogens is 226 g/mol. The number of halogens is 1. The lowest BCUT2D eigenvalue weighted by molar-refractivity contribution is -0.117. The van der Waals surface area contributed by atoms with Crippen LogP contribution in [0.25, 0.3) is 0 Å². The minimum absolute atomic E-state index is 0.00683. The molecule has 0 fully saturated rings. The van der Waals surface area contributed by atoms with Crippen molar-refractivity contribution in [1.29, 1.82) is 0 Å². The van der Waals surface area contributed by atoms with E-state index < -0.39 is 0 Å². The molecule has 0 amide bonds. The minimum atomic E-state index is -0.357. The first-order valence-corrected chi connectivity index (χ1v) is 5.36. The third-order valence-electron chi connectivity index (χ3n) is 2.35. The standard InChI is InChI=1S/C12H14ClNO2/c1-8-3-5-10(6-4-8)11(7-9(2)15)12(13)14-16/h3-6,11,16H,7H2,1-2H3/b14-12-. The van der Waals surface area contributed by atoms with Crippen LogP contribution in [0.15, 0.2) is 29.4 Å². The van der Waals surface area contributed by atoms with Gasteiger partial charge < -0.3 is 5.21 Å². The number of nitrogens with zero attached hydrogens (tertiary/aromatic N) is 1. The molecule has 1 atom stereocenters. The van der Waals surface area contributed by atoms with Gasteiger partial charge in [0.2, 0.25) is 0 Å². The number of oxime groups is 1. The second-order valence-electron chi connectivity index (χ2n) is 3.79. The van der Waals surface area contributed by atoms with Crippen molar-refractivity contribution < 1.29 is 10.0 Å². The van der Waals surface area contributed by atoms with Crippen LogP contribution in [0.2, 0.25) is 0 Å². The van der Waals surface area contributed by atoms with E-state index in [-0.39, 0.29) is 23.3 Å². The Morgan fingerprint density at radius 1 is 1.44 bits per heavy atom. The smallest absolute Gasteiger partial charge is 0.153 e. The topological polar surface area (TPSA) is 49.7 Å². The molecule has 0 saturated carbocycles. The third-order valence-corrected chi connectivity index (χ3v) is 2.69. The van der Waals surface area contributed by atoms with Gasteiger partial charge in [0.25, 0.3) is 0 Å². The lowest BCUT2D eigenvalue weighted by Gasteiger charge is -2.13. The van der Waals surface area contributed by atoms with Gasteiger partial charge in [-0.05, 0) is 19.4 Å². The average Bonchev–Trinajstić information content (AvgIpc) is 2.26. The largest absolute Gasteiger partial charge is 0.410 e. The second kappa shape index (κ2) is 5.66. The number of hydrogen-bond donors (Lipinski definition) is 1. The summed E-state index contributed by atoms with van der Waals surface area (Å²) in [5.41, 5.74) is 2.01. The number of ketones is 1. The van der Waals surface area contributed by atoms with Crippen LogP contribution in [0.1, 0.15) is 30.4 Å². The first-order chi connectivity index (χ1) is 7.54. The highest BCUT2D eigenvalue weighted by Crippen LogP contribution is 2.24. The van der Waals surface area contributed by atoms with Crippen molar-refractivity contribution in [2.75, 3.05) is 0 Å². The van der Waals surface area contributed by atoms with Crippen LogP contribution in [0.3, 0.4) is 0 Å². The van der Waals surface area contributed by atoms with E-state index in [1.807, 2.05) is 31.2 Å². The van der Waals surface area contributed by atoms with E-state index in [9.17, 15) is 4.79 Å². The molecule has 1 N–H and O–H groups in total. The van der Waals surface area contributed by atoms with Crippen LogP contribution >= 0.6 is 11.6 Å². The summed E-state index contributed by atoms with van der Waals surface area (Å²) in [7, 11) is 0. The molecule has 0 aliphatic carbocycles. The maximum atomic E-state index is 11.1. The Morgan fingerprint density at radius 3 is 2.44 bits per heavy atom. The number of rotatable bonds is 4. The van der Waals surface area contributed by atoms with E-state index in [1.54, 1.807) is 0 Å². The van der Waals surface area contributed by atoms with Crippen LogP contribution in [0.5, 0.6) is 0 Å². The van der Waals surface area contributed by atoms with Gasteiger partial charge in [0, 0.05) is 12.3 Å². The van der Waals surface area contributed by atoms with Crippen LogP contribution < -0.4 is 0 Å². The fourth-order valence-electron chi connectivity index (χ4n) is 1.50. The van der Waals surface area contributed by atoms with Gasteiger partial charge in [0.15, 0.2) is 5.17 Å². The zero-order chi connectivity index (χ0) is 12.1. The van der Waals surface area contributed by atoms with Gasteiger partial charge in [-0.3, -0.25) is 4.79 Å². The highest BCUT2D eigenvalue weighted by atomic mass is 35.5. The lowest BCUT2D eigenvalue weighted by Crippen LogP contribution is -2.11. The molecule has 1 aromatic rings. The highest BCUT2D eigenvalue weighted by Gasteiger charge is 2.19. The summed E-state index contributed by atoms with van der Waals surface area (Å²) in [6, 6.07) is 7.64. The highest BCUT2D eigenvalue weighted by molar-refractivity contribution is 6.66. The molecular formula is C12H14ClNO2. The summed E-state index contributed by atoms with van der Waals surface area (Å²) in [6.07, 6.45) is 0.242. The molecule has 0 bridgehead atoms. The van der Waals surface area contributed by atoms with Crippen LogP contribution in [0.4, 0.5) is 0 Å². The van der Waals surface area contributed by atoms with Gasteiger partial charge in [0.05, 0.1) is 0 Å². The van der Waals surface area contributed by atoms with Crippen molar-refractivity contribution in [2.24, 2.45) is 5.16 Å². The zero-order valence-electron chi connectivity index (χ0n) is 9.27. The SMILES string of the molecule is CC(=O)CC(/C(Cl)=N/O)c1ccc(C)cc1. The third kappa shape index (κ3) is 3.35. The van der Waals surface area contributed by atoms with E-state index in [4.69, 9.17) is 16.8 Å². The molecule has 0 aromatic heterocycles. The van der Waals surface area contributed by atoms with Gasteiger partial charge >= 0.3 is 0 Å². The van der Waals surface area contributed by atoms with E-state index in [0.29, 0.717) is 0 Å². The minimum Gasteiger partial charge on any atom is -0.410 e. The molecule has 1 rings (SSSR count). The Kier molecular flexibility index (Phi) is 4.50. The van der Waals surface area contributed by atoms with Gasteiger partial charge in [-0.15, -0.1) is 0 Å². The molecule has 0 spiro atoms. The Hall–Kier alpha value is -1.35. The van der Waals surface area contributed by atoms with Crippen molar-refractivity contribution >= 4 is 22.6 Å². The van der Waals surface area contributed by atoms with Crippen molar-refractivity contribution in [3.05, 3.63) is 35.4 Å². The Balaban J connectivity index is 3.01. The fraction of sp³-hybridized carbons (Fsp3) is 0.333. The number of carbonyl (C=O) groups excluding carboxylic acids is 1. The lowest BCUT2D eigenvalue weighted by atomic mass is 9.94. The molecule has 0 radical (unpaired) electrons.